The lowest BCUT2D eigenvalue weighted by atomic mass is 10.0. The van der Waals surface area contributed by atoms with Crippen molar-refractivity contribution in [3.8, 4) is 22.6 Å². The van der Waals surface area contributed by atoms with Crippen LogP contribution in [-0.2, 0) is 9.47 Å². The highest BCUT2D eigenvalue weighted by atomic mass is 16.5. The molecule has 0 spiro atoms. The third kappa shape index (κ3) is 7.27. The Morgan fingerprint density at radius 1 is 1.18 bits per heavy atom. The molecule has 1 aliphatic heterocycles. The predicted molar refractivity (Wildman–Crippen MR) is 134 cm³/mol. The van der Waals surface area contributed by atoms with Crippen LogP contribution >= 0.6 is 0 Å². The normalized spacial score (nSPS) is 16.3. The molecule has 1 heterocycles. The molecular weight excluding hydrogens is 416 g/mol. The lowest BCUT2D eigenvalue weighted by molar-refractivity contribution is 0.0929. The van der Waals surface area contributed by atoms with E-state index in [9.17, 15) is 5.11 Å². The summed E-state index contributed by atoms with van der Waals surface area (Å²) in [6.07, 6.45) is 6.77. The molecule has 6 nitrogen and oxygen atoms in total. The number of hydrogen-bond acceptors (Lipinski definition) is 6. The number of allylic oxidation sites excluding steroid dienone is 1. The van der Waals surface area contributed by atoms with Gasteiger partial charge < -0.3 is 30.0 Å². The highest BCUT2D eigenvalue weighted by Crippen LogP contribution is 2.34. The van der Waals surface area contributed by atoms with Crippen LogP contribution in [0, 0.1) is 0 Å². The molecule has 2 aromatic carbocycles. The molecular formula is C27H36N2O4. The molecule has 3 rings (SSSR count). The van der Waals surface area contributed by atoms with Gasteiger partial charge in [0.1, 0.15) is 23.4 Å². The van der Waals surface area contributed by atoms with Gasteiger partial charge in [0.25, 0.3) is 0 Å². The number of methoxy groups -OCH3 is 2. The van der Waals surface area contributed by atoms with Crippen LogP contribution < -0.4 is 15.4 Å². The maximum Gasteiger partial charge on any atom is 0.127 e. The van der Waals surface area contributed by atoms with E-state index in [0.717, 1.165) is 49.2 Å². The summed E-state index contributed by atoms with van der Waals surface area (Å²) in [5.74, 6) is 1.55. The van der Waals surface area contributed by atoms with Gasteiger partial charge in [-0.05, 0) is 75.2 Å². The molecule has 0 bridgehead atoms. The number of hydrogen-bond donors (Lipinski definition) is 3. The molecule has 1 fully saturated rings. The quantitative estimate of drug-likeness (QED) is 0.325. The third-order valence-corrected chi connectivity index (χ3v) is 5.94. The van der Waals surface area contributed by atoms with Gasteiger partial charge in [0, 0.05) is 30.5 Å². The number of aromatic hydroxyl groups is 1. The van der Waals surface area contributed by atoms with E-state index in [1.807, 2.05) is 48.6 Å². The van der Waals surface area contributed by atoms with Crippen molar-refractivity contribution in [3.05, 3.63) is 67.0 Å². The first-order valence-corrected chi connectivity index (χ1v) is 11.5. The Morgan fingerprint density at radius 2 is 1.91 bits per heavy atom. The molecule has 0 amide bonds. The second kappa shape index (κ2) is 12.3. The van der Waals surface area contributed by atoms with Crippen molar-refractivity contribution < 1.29 is 19.3 Å². The molecule has 2 atom stereocenters. The monoisotopic (exact) mass is 452 g/mol. The van der Waals surface area contributed by atoms with Gasteiger partial charge in [0.2, 0.25) is 0 Å². The number of rotatable bonds is 11. The smallest absolute Gasteiger partial charge is 0.127 e. The number of nitrogens with one attached hydrogen (secondary N) is 2. The van der Waals surface area contributed by atoms with Gasteiger partial charge in [-0.1, -0.05) is 24.8 Å². The minimum atomic E-state index is 0.00196. The maximum atomic E-state index is 10.6. The molecule has 0 aliphatic carbocycles. The summed E-state index contributed by atoms with van der Waals surface area (Å²) in [7, 11) is 3.32. The van der Waals surface area contributed by atoms with Gasteiger partial charge in [-0.25, -0.2) is 0 Å². The number of phenolic OH excluding ortho intramolecular Hbond substituents is 1. The molecule has 1 unspecified atom stereocenters. The maximum absolute atomic E-state index is 10.6. The first-order valence-electron chi connectivity index (χ1n) is 11.5. The summed E-state index contributed by atoms with van der Waals surface area (Å²) < 4.78 is 16.7. The van der Waals surface area contributed by atoms with Crippen molar-refractivity contribution in [1.29, 1.82) is 0 Å². The largest absolute Gasteiger partial charge is 0.507 e. The van der Waals surface area contributed by atoms with Crippen LogP contribution in [0.1, 0.15) is 26.2 Å². The van der Waals surface area contributed by atoms with Gasteiger partial charge in [0.05, 0.1) is 13.2 Å². The Kier molecular flexibility index (Phi) is 9.22. The van der Waals surface area contributed by atoms with Crippen molar-refractivity contribution in [2.75, 3.05) is 32.6 Å². The third-order valence-electron chi connectivity index (χ3n) is 5.94. The molecule has 178 valence electrons. The molecule has 1 saturated heterocycles. The van der Waals surface area contributed by atoms with E-state index in [-0.39, 0.29) is 24.0 Å². The first-order chi connectivity index (χ1) is 16.0. The van der Waals surface area contributed by atoms with Gasteiger partial charge in [0.15, 0.2) is 0 Å². The van der Waals surface area contributed by atoms with E-state index >= 15 is 0 Å². The van der Waals surface area contributed by atoms with Crippen LogP contribution in [0.3, 0.4) is 0 Å². The van der Waals surface area contributed by atoms with Crippen molar-refractivity contribution in [2.45, 2.75) is 44.4 Å². The number of ether oxygens (including phenoxy) is 3. The van der Waals surface area contributed by atoms with Crippen molar-refractivity contribution >= 4 is 5.69 Å². The first kappa shape index (κ1) is 24.7. The Balaban J connectivity index is 1.59. The molecule has 6 heteroatoms. The lowest BCUT2D eigenvalue weighted by Gasteiger charge is -2.24. The van der Waals surface area contributed by atoms with Crippen LogP contribution in [0.2, 0.25) is 0 Å². The van der Waals surface area contributed by atoms with E-state index in [2.05, 4.69) is 24.1 Å². The molecule has 0 radical (unpaired) electrons. The van der Waals surface area contributed by atoms with E-state index in [1.54, 1.807) is 20.3 Å². The summed E-state index contributed by atoms with van der Waals surface area (Å²) in [6.45, 7) is 7.82. The SMILES string of the molecule is C=C(/C=C\C[C@H](OC)C(C)Nc1ccc(-c2ccc(OC3CCNCC3)cc2O)cc1)OC. The van der Waals surface area contributed by atoms with Crippen molar-refractivity contribution in [3.63, 3.8) is 0 Å². The van der Waals surface area contributed by atoms with Gasteiger partial charge in [-0.15, -0.1) is 0 Å². The fourth-order valence-electron chi connectivity index (χ4n) is 3.94. The zero-order valence-corrected chi connectivity index (χ0v) is 19.8. The van der Waals surface area contributed by atoms with E-state index in [0.29, 0.717) is 11.5 Å². The number of piperidine rings is 1. The molecule has 2 aromatic rings. The van der Waals surface area contributed by atoms with E-state index in [4.69, 9.17) is 14.2 Å². The zero-order valence-electron chi connectivity index (χ0n) is 19.8. The average Bonchev–Trinajstić information content (AvgIpc) is 2.83. The second-order valence-electron chi connectivity index (χ2n) is 8.34. The highest BCUT2D eigenvalue weighted by Gasteiger charge is 2.17. The highest BCUT2D eigenvalue weighted by molar-refractivity contribution is 5.72. The number of benzene rings is 2. The molecule has 0 aromatic heterocycles. The minimum Gasteiger partial charge on any atom is -0.507 e. The van der Waals surface area contributed by atoms with Crippen LogP contribution in [0.4, 0.5) is 5.69 Å². The zero-order chi connectivity index (χ0) is 23.6. The van der Waals surface area contributed by atoms with Crippen LogP contribution in [-0.4, -0.2) is 50.7 Å². The molecule has 3 N–H and O–H groups in total. The van der Waals surface area contributed by atoms with Gasteiger partial charge in [-0.3, -0.25) is 0 Å². The van der Waals surface area contributed by atoms with Crippen LogP contribution in [0.5, 0.6) is 11.5 Å². The fraction of sp³-hybridized carbons (Fsp3) is 0.407. The number of phenols is 1. The summed E-state index contributed by atoms with van der Waals surface area (Å²) in [4.78, 5) is 0. The topological polar surface area (TPSA) is 72.0 Å². The Labute approximate surface area is 197 Å². The lowest BCUT2D eigenvalue weighted by Crippen LogP contribution is -2.34. The minimum absolute atomic E-state index is 0.00196. The van der Waals surface area contributed by atoms with Crippen molar-refractivity contribution in [2.24, 2.45) is 0 Å². The Bertz CT molecular complexity index is 920. The summed E-state index contributed by atoms with van der Waals surface area (Å²) >= 11 is 0. The summed E-state index contributed by atoms with van der Waals surface area (Å²) in [6, 6.07) is 13.7. The van der Waals surface area contributed by atoms with Crippen LogP contribution in [0.15, 0.2) is 67.0 Å². The molecule has 1 aliphatic rings. The predicted octanol–water partition coefficient (Wildman–Crippen LogP) is 5.11. The standard InChI is InChI=1S/C27H36N2O4/c1-19(31-3)6-5-7-27(32-4)20(2)29-22-10-8-21(9-11-22)25-13-12-24(18-26(25)30)33-23-14-16-28-17-15-23/h5-6,8-13,18,20,23,27-30H,1,7,14-17H2,2-4H3/b6-5-/t20?,27-/m0/s1. The van der Waals surface area contributed by atoms with Crippen molar-refractivity contribution in [1.82, 2.24) is 5.32 Å². The summed E-state index contributed by atoms with van der Waals surface area (Å²) in [5, 5.41) is 17.4. The summed E-state index contributed by atoms with van der Waals surface area (Å²) in [5.41, 5.74) is 2.72. The van der Waals surface area contributed by atoms with E-state index < -0.39 is 0 Å². The average molecular weight is 453 g/mol. The number of anilines is 1. The van der Waals surface area contributed by atoms with Gasteiger partial charge >= 0.3 is 0 Å². The fourth-order valence-corrected chi connectivity index (χ4v) is 3.94. The second-order valence-corrected chi connectivity index (χ2v) is 8.34. The van der Waals surface area contributed by atoms with Gasteiger partial charge in [-0.2, -0.15) is 0 Å². The Hall–Kier alpha value is -2.96. The van der Waals surface area contributed by atoms with E-state index in [1.165, 1.54) is 0 Å². The van der Waals surface area contributed by atoms with Crippen LogP contribution in [0.25, 0.3) is 11.1 Å². The Morgan fingerprint density at radius 3 is 2.55 bits per heavy atom. The molecule has 33 heavy (non-hydrogen) atoms. The molecule has 0 saturated carbocycles.